The van der Waals surface area contributed by atoms with Crippen LogP contribution in [0.1, 0.15) is 16.7 Å². The molecule has 0 saturated heterocycles. The fourth-order valence-corrected chi connectivity index (χ4v) is 2.82. The van der Waals surface area contributed by atoms with Crippen LogP contribution in [0, 0.1) is 25.2 Å². The van der Waals surface area contributed by atoms with E-state index >= 15 is 0 Å². The van der Waals surface area contributed by atoms with Crippen molar-refractivity contribution in [2.45, 2.75) is 18.7 Å². The summed E-state index contributed by atoms with van der Waals surface area (Å²) in [6.45, 7) is 3.12. The van der Waals surface area contributed by atoms with Gasteiger partial charge >= 0.3 is 5.97 Å². The van der Waals surface area contributed by atoms with Gasteiger partial charge in [0.15, 0.2) is 0 Å². The topological polar surface area (TPSA) is 107 Å². The lowest BCUT2D eigenvalue weighted by Gasteiger charge is -2.04. The van der Waals surface area contributed by atoms with Gasteiger partial charge < -0.3 is 5.11 Å². The quantitative estimate of drug-likeness (QED) is 0.882. The summed E-state index contributed by atoms with van der Waals surface area (Å²) in [4.78, 5) is 10.3. The van der Waals surface area contributed by atoms with Crippen LogP contribution in [0.25, 0.3) is 0 Å². The molecule has 0 atom stereocenters. The molecule has 0 amide bonds. The Bertz CT molecular complexity index is 855. The van der Waals surface area contributed by atoms with Gasteiger partial charge in [0.25, 0.3) is 0 Å². The number of carbonyl (C=O) groups is 1. The van der Waals surface area contributed by atoms with Crippen molar-refractivity contribution in [3.05, 3.63) is 65.2 Å². The van der Waals surface area contributed by atoms with Gasteiger partial charge in [0, 0.05) is 0 Å². The molecule has 7 heteroatoms. The van der Waals surface area contributed by atoms with Gasteiger partial charge in [0.05, 0.1) is 16.5 Å². The molecule has 0 saturated carbocycles. The molecule has 6 nitrogen and oxygen atoms in total. The van der Waals surface area contributed by atoms with Gasteiger partial charge in [-0.2, -0.15) is 9.98 Å². The number of benzene rings is 2. The van der Waals surface area contributed by atoms with Crippen molar-refractivity contribution in [3.8, 4) is 6.07 Å². The van der Waals surface area contributed by atoms with Crippen LogP contribution in [-0.2, 0) is 14.8 Å². The van der Waals surface area contributed by atoms with E-state index in [9.17, 15) is 13.2 Å². The van der Waals surface area contributed by atoms with E-state index in [1.54, 1.807) is 25.1 Å². The lowest BCUT2D eigenvalue weighted by Crippen LogP contribution is -2.29. The molecule has 0 bridgehead atoms. The van der Waals surface area contributed by atoms with E-state index in [1.807, 2.05) is 29.8 Å². The highest BCUT2D eigenvalue weighted by molar-refractivity contribution is 7.89. The summed E-state index contributed by atoms with van der Waals surface area (Å²) >= 11 is 0. The van der Waals surface area contributed by atoms with Crippen molar-refractivity contribution >= 4 is 16.0 Å². The SMILES string of the molecule is Cc1cccc(C#N)c1.Cc1cccc(S(=O)(=O)NCC(=O)O)c1. The molecule has 2 N–H and O–H groups in total. The first-order valence-corrected chi connectivity index (χ1v) is 8.48. The van der Waals surface area contributed by atoms with Crippen molar-refractivity contribution in [2.24, 2.45) is 0 Å². The zero-order valence-electron chi connectivity index (χ0n) is 13.4. The van der Waals surface area contributed by atoms with Gasteiger partial charge in [-0.25, -0.2) is 8.42 Å². The number of rotatable bonds is 4. The second-order valence-corrected chi connectivity index (χ2v) is 6.78. The van der Waals surface area contributed by atoms with Crippen molar-refractivity contribution in [1.29, 1.82) is 5.26 Å². The van der Waals surface area contributed by atoms with E-state index in [0.29, 0.717) is 0 Å². The number of hydrogen-bond acceptors (Lipinski definition) is 4. The molecular weight excluding hydrogens is 328 g/mol. The molecule has 2 aromatic rings. The summed E-state index contributed by atoms with van der Waals surface area (Å²) in [6.07, 6.45) is 0. The Morgan fingerprint density at radius 3 is 2.17 bits per heavy atom. The van der Waals surface area contributed by atoms with Crippen molar-refractivity contribution in [2.75, 3.05) is 6.54 Å². The molecule has 0 aliphatic rings. The highest BCUT2D eigenvalue weighted by atomic mass is 32.2. The minimum absolute atomic E-state index is 0.0729. The van der Waals surface area contributed by atoms with E-state index in [0.717, 1.165) is 16.7 Å². The van der Waals surface area contributed by atoms with Crippen molar-refractivity contribution in [3.63, 3.8) is 0 Å². The number of nitriles is 1. The zero-order chi connectivity index (χ0) is 18.2. The first-order valence-electron chi connectivity index (χ1n) is 6.99. The maximum Gasteiger partial charge on any atom is 0.318 e. The zero-order valence-corrected chi connectivity index (χ0v) is 14.2. The molecule has 126 valence electrons. The summed E-state index contributed by atoms with van der Waals surface area (Å²) in [5.41, 5.74) is 2.66. The third kappa shape index (κ3) is 6.60. The van der Waals surface area contributed by atoms with Crippen molar-refractivity contribution < 1.29 is 18.3 Å². The van der Waals surface area contributed by atoms with Crippen molar-refractivity contribution in [1.82, 2.24) is 4.72 Å². The second kappa shape index (κ2) is 8.82. The Hall–Kier alpha value is -2.69. The predicted molar refractivity (Wildman–Crippen MR) is 89.9 cm³/mol. The van der Waals surface area contributed by atoms with E-state index in [2.05, 4.69) is 6.07 Å². The Labute approximate surface area is 141 Å². The largest absolute Gasteiger partial charge is 0.480 e. The standard InChI is InChI=1S/C9H11NO4S.C8H7N/c1-7-3-2-4-8(5-7)15(13,14)10-6-9(11)12;1-7-3-2-4-8(5-7)6-9/h2-5,10H,6H2,1H3,(H,11,12);2-5H,1H3. The number of nitrogens with one attached hydrogen (secondary N) is 1. The molecule has 0 spiro atoms. The molecule has 0 aliphatic heterocycles. The highest BCUT2D eigenvalue weighted by Gasteiger charge is 2.14. The van der Waals surface area contributed by atoms with Gasteiger partial charge in [-0.1, -0.05) is 24.3 Å². The number of carboxylic acids is 1. The Kier molecular flexibility index (Phi) is 7.11. The third-order valence-corrected chi connectivity index (χ3v) is 4.26. The Balaban J connectivity index is 0.000000272. The molecule has 0 radical (unpaired) electrons. The first kappa shape index (κ1) is 19.4. The monoisotopic (exact) mass is 346 g/mol. The summed E-state index contributed by atoms with van der Waals surface area (Å²) in [7, 11) is -3.71. The molecule has 2 aromatic carbocycles. The molecular formula is C17H18N2O4S. The van der Waals surface area contributed by atoms with Crippen LogP contribution in [-0.4, -0.2) is 26.0 Å². The summed E-state index contributed by atoms with van der Waals surface area (Å²) in [5, 5.41) is 16.8. The van der Waals surface area contributed by atoms with Gasteiger partial charge in [0.2, 0.25) is 10.0 Å². The molecule has 2 rings (SSSR count). The first-order chi connectivity index (χ1) is 11.2. The molecule has 0 fully saturated rings. The maximum absolute atomic E-state index is 11.5. The average Bonchev–Trinajstić information content (AvgIpc) is 2.54. The van der Waals surface area contributed by atoms with Crippen LogP contribution in [0.5, 0.6) is 0 Å². The van der Waals surface area contributed by atoms with Crippen LogP contribution in [0.15, 0.2) is 53.4 Å². The molecule has 0 aromatic heterocycles. The minimum Gasteiger partial charge on any atom is -0.480 e. The molecule has 0 aliphatic carbocycles. The van der Waals surface area contributed by atoms with E-state index in [4.69, 9.17) is 10.4 Å². The lowest BCUT2D eigenvalue weighted by atomic mass is 10.2. The maximum atomic E-state index is 11.5. The number of sulfonamides is 1. The summed E-state index contributed by atoms with van der Waals surface area (Å²) in [6, 6.07) is 15.8. The lowest BCUT2D eigenvalue weighted by molar-refractivity contribution is -0.135. The molecule has 0 heterocycles. The number of aliphatic carboxylic acids is 1. The van der Waals surface area contributed by atoms with Gasteiger partial charge in [-0.15, -0.1) is 0 Å². The second-order valence-electron chi connectivity index (χ2n) is 5.02. The van der Waals surface area contributed by atoms with Gasteiger partial charge in [-0.3, -0.25) is 4.79 Å². The third-order valence-electron chi connectivity index (χ3n) is 2.86. The van der Waals surface area contributed by atoms with Crippen LogP contribution >= 0.6 is 0 Å². The summed E-state index contributed by atoms with van der Waals surface area (Å²) < 4.78 is 25.0. The fraction of sp³-hybridized carbons (Fsp3) is 0.176. The average molecular weight is 346 g/mol. The smallest absolute Gasteiger partial charge is 0.318 e. The van der Waals surface area contributed by atoms with E-state index in [-0.39, 0.29) is 4.90 Å². The molecule has 24 heavy (non-hydrogen) atoms. The van der Waals surface area contributed by atoms with Crippen LogP contribution < -0.4 is 4.72 Å². The Morgan fingerprint density at radius 2 is 1.71 bits per heavy atom. The predicted octanol–water partition coefficient (Wildman–Crippen LogP) is 2.22. The van der Waals surface area contributed by atoms with Crippen LogP contribution in [0.4, 0.5) is 0 Å². The molecule has 0 unspecified atom stereocenters. The Morgan fingerprint density at radius 1 is 1.12 bits per heavy atom. The van der Waals surface area contributed by atoms with Crippen LogP contribution in [0.3, 0.4) is 0 Å². The number of hydrogen-bond donors (Lipinski definition) is 2. The van der Waals surface area contributed by atoms with E-state index < -0.39 is 22.5 Å². The normalized spacial score (nSPS) is 10.2. The summed E-state index contributed by atoms with van der Waals surface area (Å²) in [5.74, 6) is -1.22. The number of carboxylic acid groups (broad SMARTS) is 1. The highest BCUT2D eigenvalue weighted by Crippen LogP contribution is 2.10. The minimum atomic E-state index is -3.71. The fourth-order valence-electron chi connectivity index (χ4n) is 1.74. The van der Waals surface area contributed by atoms with Crippen LogP contribution in [0.2, 0.25) is 0 Å². The van der Waals surface area contributed by atoms with E-state index in [1.165, 1.54) is 12.1 Å². The number of aryl methyl sites for hydroxylation is 2. The van der Waals surface area contributed by atoms with Gasteiger partial charge in [-0.05, 0) is 49.2 Å². The number of nitrogens with zero attached hydrogens (tertiary/aromatic N) is 1. The van der Waals surface area contributed by atoms with Gasteiger partial charge in [0.1, 0.15) is 6.54 Å².